The number of nitrogens with zero attached hydrogens (tertiary/aromatic N) is 5. The first-order chi connectivity index (χ1) is 19.9. The van der Waals surface area contributed by atoms with Crippen molar-refractivity contribution in [1.82, 2.24) is 15.2 Å². The number of allylic oxidation sites excluding steroid dienone is 1. The lowest BCUT2D eigenvalue weighted by Gasteiger charge is -2.49. The molecule has 5 N–H and O–H groups in total. The van der Waals surface area contributed by atoms with Gasteiger partial charge in [-0.25, -0.2) is 14.6 Å². The second-order valence-electron chi connectivity index (χ2n) is 8.28. The number of nitrogens with two attached hydrogens (primary N) is 1. The topological polar surface area (TPSA) is 271 Å². The van der Waals surface area contributed by atoms with Crippen LogP contribution < -0.4 is 11.1 Å². The number of carboxylic acids is 2. The number of carbonyl (C=O) groups excluding carboxylic acids is 2. The highest BCUT2D eigenvalue weighted by molar-refractivity contribution is 8.00. The number of nitrogen functional groups attached to an aromatic ring is 1. The summed E-state index contributed by atoms with van der Waals surface area (Å²) in [6, 6.07) is 2.03. The van der Waals surface area contributed by atoms with Gasteiger partial charge < -0.3 is 26.1 Å². The highest BCUT2D eigenvalue weighted by Gasteiger charge is 2.54. The Bertz CT molecular complexity index is 1580. The number of nitro groups is 2. The van der Waals surface area contributed by atoms with Crippen LogP contribution in [-0.2, 0) is 24.0 Å². The number of fused-ring (bicyclic) bond motifs is 1. The number of hydrogen-bond acceptors (Lipinski definition) is 14. The number of amides is 2. The summed E-state index contributed by atoms with van der Waals surface area (Å²) in [7, 11) is 0. The number of aromatic nitrogens is 1. The molecular formula is C22H17N7O11S2. The molecule has 42 heavy (non-hydrogen) atoms. The van der Waals surface area contributed by atoms with Gasteiger partial charge in [0.15, 0.2) is 10.8 Å². The van der Waals surface area contributed by atoms with Crippen molar-refractivity contribution in [3.05, 3.63) is 72.4 Å². The van der Waals surface area contributed by atoms with E-state index in [1.807, 2.05) is 0 Å². The summed E-state index contributed by atoms with van der Waals surface area (Å²) in [5.74, 6) is -4.71. The average Bonchev–Trinajstić information content (AvgIpc) is 3.37. The number of anilines is 1. The first kappa shape index (κ1) is 29.6. The number of carboxylic acid groups (broad SMARTS) is 2. The summed E-state index contributed by atoms with van der Waals surface area (Å²) in [6.45, 7) is -0.872. The predicted molar refractivity (Wildman–Crippen MR) is 145 cm³/mol. The Morgan fingerprint density at radius 1 is 1.21 bits per heavy atom. The Hall–Kier alpha value is -5.37. The van der Waals surface area contributed by atoms with Crippen LogP contribution in [0.3, 0.4) is 0 Å². The van der Waals surface area contributed by atoms with E-state index in [2.05, 4.69) is 20.3 Å². The fourth-order valence-corrected chi connectivity index (χ4v) is 5.81. The Kier molecular flexibility index (Phi) is 8.47. The van der Waals surface area contributed by atoms with Gasteiger partial charge in [0.25, 0.3) is 23.2 Å². The maximum absolute atomic E-state index is 13.0. The summed E-state index contributed by atoms with van der Waals surface area (Å²) < 4.78 is 0. The quantitative estimate of drug-likeness (QED) is 0.117. The van der Waals surface area contributed by atoms with Gasteiger partial charge in [-0.15, -0.1) is 23.1 Å². The molecule has 4 rings (SSSR count). The number of thiazole rings is 1. The van der Waals surface area contributed by atoms with E-state index >= 15 is 0 Å². The van der Waals surface area contributed by atoms with Gasteiger partial charge in [-0.1, -0.05) is 11.2 Å². The highest BCUT2D eigenvalue weighted by atomic mass is 32.2. The molecule has 0 bridgehead atoms. The Morgan fingerprint density at radius 2 is 1.88 bits per heavy atom. The van der Waals surface area contributed by atoms with Crippen LogP contribution in [0.2, 0.25) is 0 Å². The van der Waals surface area contributed by atoms with E-state index in [9.17, 15) is 44.5 Å². The number of benzene rings is 1. The smallest absolute Gasteiger partial charge is 0.352 e. The third kappa shape index (κ3) is 5.88. The third-order valence-electron chi connectivity index (χ3n) is 5.72. The molecule has 1 fully saturated rings. The number of β-lactam (4-membered cyclic amide) rings is 1. The number of thioether (sulfide) groups is 1. The molecule has 20 heteroatoms. The number of nitro benzene ring substituents is 2. The minimum Gasteiger partial charge on any atom is -0.479 e. The number of hydrogen-bond donors (Lipinski definition) is 4. The maximum atomic E-state index is 13.0. The molecule has 1 aromatic carbocycles. The van der Waals surface area contributed by atoms with Crippen molar-refractivity contribution < 1.29 is 44.1 Å². The molecule has 2 atom stereocenters. The highest BCUT2D eigenvalue weighted by Crippen LogP contribution is 2.41. The molecule has 2 aliphatic heterocycles. The lowest BCUT2D eigenvalue weighted by atomic mass is 10.0. The number of oxime groups is 1. The normalized spacial score (nSPS) is 18.3. The van der Waals surface area contributed by atoms with Gasteiger partial charge in [-0.3, -0.25) is 34.7 Å². The van der Waals surface area contributed by atoms with E-state index in [0.717, 1.165) is 58.3 Å². The van der Waals surface area contributed by atoms with Crippen molar-refractivity contribution in [2.45, 2.75) is 11.4 Å². The van der Waals surface area contributed by atoms with Crippen LogP contribution >= 0.6 is 23.1 Å². The molecule has 1 aromatic heterocycles. The van der Waals surface area contributed by atoms with Crippen LogP contribution in [-0.4, -0.2) is 83.2 Å². The Labute approximate surface area is 241 Å². The number of rotatable bonds is 11. The second-order valence-corrected chi connectivity index (χ2v) is 10.3. The zero-order chi connectivity index (χ0) is 30.7. The van der Waals surface area contributed by atoms with Gasteiger partial charge in [0.05, 0.1) is 9.85 Å². The Morgan fingerprint density at radius 3 is 2.43 bits per heavy atom. The SMILES string of the molecule is Nc1nc(C(=NOCC(=O)O)C(=O)NC2C(=O)N3C(C(=O)O)=C(C=Cc4c([N+](=O)[O-])cccc4[N+](=O)[O-])CS[C@@H]23)cs1. The molecule has 0 spiro atoms. The van der Waals surface area contributed by atoms with Crippen LogP contribution in [0, 0.1) is 20.2 Å². The molecule has 1 unspecified atom stereocenters. The van der Waals surface area contributed by atoms with Crippen molar-refractivity contribution in [1.29, 1.82) is 0 Å². The summed E-state index contributed by atoms with van der Waals surface area (Å²) in [6.07, 6.45) is 2.19. The van der Waals surface area contributed by atoms with Gasteiger partial charge in [0.1, 0.15) is 28.4 Å². The lowest BCUT2D eigenvalue weighted by Crippen LogP contribution is -2.71. The first-order valence-electron chi connectivity index (χ1n) is 11.4. The van der Waals surface area contributed by atoms with E-state index in [-0.39, 0.29) is 27.7 Å². The van der Waals surface area contributed by atoms with E-state index in [0.29, 0.717) is 0 Å². The standard InChI is InChI=1S/C22H17N7O11S2/c23-22-24-11(8-42-22)15(26-40-6-14(30)31)18(32)25-16-19(33)27-17(21(34)35)9(7-41-20(16)27)4-5-10-12(28(36)37)2-1-3-13(10)29(38)39/h1-5,8,16,20H,6-7H2,(H2,23,24)(H,25,32)(H,30,31)(H,34,35)/t16?,20-/m0/s1. The molecule has 18 nitrogen and oxygen atoms in total. The zero-order valence-corrected chi connectivity index (χ0v) is 22.4. The molecule has 2 amide bonds. The van der Waals surface area contributed by atoms with Crippen molar-refractivity contribution in [2.75, 3.05) is 18.1 Å². The van der Waals surface area contributed by atoms with Gasteiger partial charge >= 0.3 is 11.9 Å². The largest absolute Gasteiger partial charge is 0.479 e. The van der Waals surface area contributed by atoms with E-state index in [1.165, 1.54) is 5.38 Å². The Balaban J connectivity index is 1.60. The third-order valence-corrected chi connectivity index (χ3v) is 7.69. The van der Waals surface area contributed by atoms with Gasteiger partial charge in [-0.05, 0) is 17.7 Å². The lowest BCUT2D eigenvalue weighted by molar-refractivity contribution is -0.394. The minimum absolute atomic E-state index is 0.0385. The van der Waals surface area contributed by atoms with E-state index in [4.69, 9.17) is 10.8 Å². The fourth-order valence-electron chi connectivity index (χ4n) is 3.95. The molecule has 2 aliphatic rings. The molecule has 0 aliphatic carbocycles. The minimum atomic E-state index is -1.52. The van der Waals surface area contributed by atoms with Crippen LogP contribution in [0.25, 0.3) is 6.08 Å². The molecule has 2 aromatic rings. The van der Waals surface area contributed by atoms with Crippen molar-refractivity contribution in [2.24, 2.45) is 5.16 Å². The second kappa shape index (κ2) is 12.0. The van der Waals surface area contributed by atoms with Crippen LogP contribution in [0.15, 0.2) is 46.1 Å². The van der Waals surface area contributed by atoms with Crippen molar-refractivity contribution >= 4 is 75.1 Å². The predicted octanol–water partition coefficient (Wildman–Crippen LogP) is 0.799. The molecule has 0 saturated carbocycles. The van der Waals surface area contributed by atoms with Gasteiger partial charge in [-0.2, -0.15) is 0 Å². The number of carbonyl (C=O) groups is 4. The summed E-state index contributed by atoms with van der Waals surface area (Å²) >= 11 is 2.01. The number of aliphatic carboxylic acids is 2. The van der Waals surface area contributed by atoms with Crippen LogP contribution in [0.5, 0.6) is 0 Å². The van der Waals surface area contributed by atoms with E-state index < -0.39 is 74.4 Å². The molecule has 0 radical (unpaired) electrons. The number of nitrogens with one attached hydrogen (secondary N) is 1. The van der Waals surface area contributed by atoms with Gasteiger partial charge in [0, 0.05) is 23.3 Å². The summed E-state index contributed by atoms with van der Waals surface area (Å²) in [4.78, 5) is 79.6. The monoisotopic (exact) mass is 619 g/mol. The van der Waals surface area contributed by atoms with Crippen molar-refractivity contribution in [3.8, 4) is 0 Å². The molecule has 218 valence electrons. The average molecular weight is 620 g/mol. The molecule has 1 saturated heterocycles. The van der Waals surface area contributed by atoms with Crippen LogP contribution in [0.4, 0.5) is 16.5 Å². The van der Waals surface area contributed by atoms with E-state index in [1.54, 1.807) is 0 Å². The zero-order valence-electron chi connectivity index (χ0n) is 20.7. The van der Waals surface area contributed by atoms with Crippen molar-refractivity contribution in [3.63, 3.8) is 0 Å². The first-order valence-corrected chi connectivity index (χ1v) is 13.3. The van der Waals surface area contributed by atoms with Gasteiger partial charge in [0.2, 0.25) is 6.61 Å². The summed E-state index contributed by atoms with van der Waals surface area (Å²) in [5.41, 5.74) is 3.12. The fraction of sp³-hybridized carbons (Fsp3) is 0.182. The summed E-state index contributed by atoms with van der Waals surface area (Å²) in [5, 5.41) is 47.9. The van der Waals surface area contributed by atoms with Crippen LogP contribution in [0.1, 0.15) is 11.3 Å². The molecule has 3 heterocycles. The molecular weight excluding hydrogens is 602 g/mol. The maximum Gasteiger partial charge on any atom is 0.352 e.